The van der Waals surface area contributed by atoms with Crippen LogP contribution in [0.2, 0.25) is 5.02 Å². The van der Waals surface area contributed by atoms with Crippen molar-refractivity contribution in [3.63, 3.8) is 0 Å². The van der Waals surface area contributed by atoms with Crippen molar-refractivity contribution < 1.29 is 28.2 Å². The van der Waals surface area contributed by atoms with Crippen molar-refractivity contribution in [1.82, 2.24) is 4.98 Å². The third-order valence-electron chi connectivity index (χ3n) is 3.37. The number of carboxylic acids is 1. The highest BCUT2D eigenvalue weighted by Crippen LogP contribution is 2.39. The topological polar surface area (TPSA) is 73.7 Å². The number of aliphatic hydroxyl groups is 1. The molecule has 0 aromatic carbocycles. The molecule has 1 aliphatic heterocycles. The maximum absolute atomic E-state index is 12.9. The van der Waals surface area contributed by atoms with E-state index in [9.17, 15) is 23.1 Å². The summed E-state index contributed by atoms with van der Waals surface area (Å²) in [5.74, 6) is -1.20. The Labute approximate surface area is 123 Å². The highest BCUT2D eigenvalue weighted by molar-refractivity contribution is 6.33. The number of halogens is 4. The van der Waals surface area contributed by atoms with E-state index in [-0.39, 0.29) is 29.4 Å². The van der Waals surface area contributed by atoms with Gasteiger partial charge in [-0.25, -0.2) is 9.78 Å². The van der Waals surface area contributed by atoms with E-state index in [1.165, 1.54) is 4.90 Å². The maximum Gasteiger partial charge on any atom is 0.418 e. The summed E-state index contributed by atoms with van der Waals surface area (Å²) < 4.78 is 38.6. The van der Waals surface area contributed by atoms with Crippen LogP contribution in [0.1, 0.15) is 23.2 Å². The largest absolute Gasteiger partial charge is 0.478 e. The predicted octanol–water partition coefficient (Wildman–Crippen LogP) is 2.33. The molecule has 1 aromatic rings. The van der Waals surface area contributed by atoms with Crippen LogP contribution in [-0.4, -0.2) is 46.0 Å². The van der Waals surface area contributed by atoms with Crippen LogP contribution in [0.3, 0.4) is 0 Å². The lowest BCUT2D eigenvalue weighted by atomic mass is 9.92. The zero-order valence-corrected chi connectivity index (χ0v) is 11.4. The zero-order valence-electron chi connectivity index (χ0n) is 10.7. The molecule has 2 N–H and O–H groups in total. The first kappa shape index (κ1) is 15.8. The molecule has 116 valence electrons. The molecule has 0 aliphatic carbocycles. The number of rotatable bonds is 2. The second kappa shape index (κ2) is 5.34. The third-order valence-corrected chi connectivity index (χ3v) is 3.64. The van der Waals surface area contributed by atoms with Gasteiger partial charge in [-0.2, -0.15) is 13.2 Å². The summed E-state index contributed by atoms with van der Waals surface area (Å²) in [5.41, 5.74) is -2.98. The Morgan fingerprint density at radius 1 is 1.48 bits per heavy atom. The molecule has 1 aromatic heterocycles. The number of aromatic nitrogens is 1. The van der Waals surface area contributed by atoms with Gasteiger partial charge in [-0.1, -0.05) is 11.6 Å². The molecule has 1 atom stereocenters. The molecule has 2 heterocycles. The summed E-state index contributed by atoms with van der Waals surface area (Å²) >= 11 is 5.88. The molecule has 0 amide bonds. The molecular weight excluding hydrogens is 313 g/mol. The molecule has 5 nitrogen and oxygen atoms in total. The lowest BCUT2D eigenvalue weighted by Crippen LogP contribution is -2.57. The minimum Gasteiger partial charge on any atom is -0.478 e. The van der Waals surface area contributed by atoms with Crippen molar-refractivity contribution in [2.24, 2.45) is 0 Å². The van der Waals surface area contributed by atoms with E-state index >= 15 is 0 Å². The molecule has 0 spiro atoms. The van der Waals surface area contributed by atoms with Crippen LogP contribution >= 0.6 is 11.6 Å². The molecule has 9 heteroatoms. The number of nitrogens with zero attached hydrogens (tertiary/aromatic N) is 2. The van der Waals surface area contributed by atoms with Gasteiger partial charge in [0.25, 0.3) is 0 Å². The number of hydrogen-bond acceptors (Lipinski definition) is 4. The van der Waals surface area contributed by atoms with Crippen LogP contribution in [0.15, 0.2) is 12.3 Å². The van der Waals surface area contributed by atoms with Gasteiger partial charge in [-0.3, -0.25) is 0 Å². The average Bonchev–Trinajstić information content (AvgIpc) is 2.37. The smallest absolute Gasteiger partial charge is 0.418 e. The van der Waals surface area contributed by atoms with Crippen LogP contribution in [0, 0.1) is 0 Å². The highest BCUT2D eigenvalue weighted by atomic mass is 35.5. The standard InChI is InChI=1S/C12H12ClF3N2O3/c13-8-4-7(10(19)20)5-17-9(8)18-3-1-2-11(21,6-18)12(14,15)16/h4-5,21H,1-3,6H2,(H,19,20). The summed E-state index contributed by atoms with van der Waals surface area (Å²) in [6, 6.07) is 1.12. The number of alkyl halides is 3. The van der Waals surface area contributed by atoms with E-state index in [1.54, 1.807) is 0 Å². The van der Waals surface area contributed by atoms with Crippen LogP contribution in [0.4, 0.5) is 19.0 Å². The number of piperidine rings is 1. The first-order chi connectivity index (χ1) is 9.64. The highest BCUT2D eigenvalue weighted by Gasteiger charge is 2.55. The Balaban J connectivity index is 2.28. The molecule has 0 bridgehead atoms. The second-order valence-corrected chi connectivity index (χ2v) is 5.30. The minimum atomic E-state index is -4.75. The van der Waals surface area contributed by atoms with E-state index in [4.69, 9.17) is 16.7 Å². The minimum absolute atomic E-state index is 0.0315. The normalized spacial score (nSPS) is 23.2. The molecule has 1 unspecified atom stereocenters. The average molecular weight is 325 g/mol. The Hall–Kier alpha value is -1.54. The number of carboxylic acid groups (broad SMARTS) is 1. The monoisotopic (exact) mass is 324 g/mol. The number of pyridine rings is 1. The van der Waals surface area contributed by atoms with E-state index in [0.717, 1.165) is 12.3 Å². The lowest BCUT2D eigenvalue weighted by molar-refractivity contribution is -0.261. The van der Waals surface area contributed by atoms with Crippen molar-refractivity contribution in [3.05, 3.63) is 22.8 Å². The molecule has 1 saturated heterocycles. The Bertz CT molecular complexity index is 567. The van der Waals surface area contributed by atoms with Gasteiger partial charge in [0.05, 0.1) is 17.1 Å². The fourth-order valence-corrected chi connectivity index (χ4v) is 2.51. The Morgan fingerprint density at radius 3 is 2.67 bits per heavy atom. The van der Waals surface area contributed by atoms with Gasteiger partial charge in [0.15, 0.2) is 5.60 Å². The molecular formula is C12H12ClF3N2O3. The molecule has 0 saturated carbocycles. The number of carbonyl (C=O) groups is 1. The second-order valence-electron chi connectivity index (χ2n) is 4.89. The summed E-state index contributed by atoms with van der Waals surface area (Å²) in [6.07, 6.45) is -4.00. The van der Waals surface area contributed by atoms with Gasteiger partial charge < -0.3 is 15.1 Å². The van der Waals surface area contributed by atoms with Crippen LogP contribution in [-0.2, 0) is 0 Å². The Kier molecular flexibility index (Phi) is 4.03. The lowest BCUT2D eigenvalue weighted by Gasteiger charge is -2.40. The van der Waals surface area contributed by atoms with E-state index in [0.29, 0.717) is 0 Å². The molecule has 0 radical (unpaired) electrons. The van der Waals surface area contributed by atoms with Gasteiger partial charge in [0.2, 0.25) is 0 Å². The van der Waals surface area contributed by atoms with Gasteiger partial charge in [0.1, 0.15) is 5.82 Å². The maximum atomic E-state index is 12.9. The number of aromatic carboxylic acids is 1. The van der Waals surface area contributed by atoms with Crippen molar-refractivity contribution in [2.45, 2.75) is 24.6 Å². The third kappa shape index (κ3) is 3.06. The van der Waals surface area contributed by atoms with Gasteiger partial charge >= 0.3 is 12.1 Å². The van der Waals surface area contributed by atoms with Crippen molar-refractivity contribution >= 4 is 23.4 Å². The van der Waals surface area contributed by atoms with Crippen molar-refractivity contribution in [3.8, 4) is 0 Å². The first-order valence-electron chi connectivity index (χ1n) is 6.07. The fraction of sp³-hybridized carbons (Fsp3) is 0.500. The number of hydrogen-bond donors (Lipinski definition) is 2. The predicted molar refractivity (Wildman–Crippen MR) is 68.7 cm³/mol. The summed E-state index contributed by atoms with van der Waals surface area (Å²) in [6.45, 7) is -0.437. The molecule has 21 heavy (non-hydrogen) atoms. The van der Waals surface area contributed by atoms with Crippen LogP contribution in [0.5, 0.6) is 0 Å². The Morgan fingerprint density at radius 2 is 2.14 bits per heavy atom. The molecule has 2 rings (SSSR count). The SMILES string of the molecule is O=C(O)c1cnc(N2CCCC(O)(C(F)(F)F)C2)c(Cl)c1. The fourth-order valence-electron chi connectivity index (χ4n) is 2.23. The summed E-state index contributed by atoms with van der Waals surface area (Å²) in [5, 5.41) is 18.5. The summed E-state index contributed by atoms with van der Waals surface area (Å²) in [4.78, 5) is 15.8. The van der Waals surface area contributed by atoms with Crippen LogP contribution < -0.4 is 4.90 Å². The zero-order chi connectivity index (χ0) is 15.8. The van der Waals surface area contributed by atoms with Gasteiger partial charge in [0, 0.05) is 12.7 Å². The van der Waals surface area contributed by atoms with Gasteiger partial charge in [-0.05, 0) is 18.9 Å². The van der Waals surface area contributed by atoms with E-state index < -0.39 is 30.7 Å². The molecule has 1 fully saturated rings. The van der Waals surface area contributed by atoms with Gasteiger partial charge in [-0.15, -0.1) is 0 Å². The molecule has 1 aliphatic rings. The van der Waals surface area contributed by atoms with Crippen molar-refractivity contribution in [1.29, 1.82) is 0 Å². The first-order valence-corrected chi connectivity index (χ1v) is 6.45. The quantitative estimate of drug-likeness (QED) is 0.873. The van der Waals surface area contributed by atoms with E-state index in [2.05, 4.69) is 4.98 Å². The van der Waals surface area contributed by atoms with E-state index in [1.807, 2.05) is 0 Å². The number of β-amino-alcohol motifs (C(OH)–C–C–N with tert-alkyl or cyclic N) is 1. The number of anilines is 1. The summed E-state index contributed by atoms with van der Waals surface area (Å²) in [7, 11) is 0. The van der Waals surface area contributed by atoms with Crippen LogP contribution in [0.25, 0.3) is 0 Å². The van der Waals surface area contributed by atoms with Crippen molar-refractivity contribution in [2.75, 3.05) is 18.0 Å².